The third kappa shape index (κ3) is 3.12. The molecule has 6 heteroatoms. The highest BCUT2D eigenvalue weighted by atomic mass is 19.4. The van der Waals surface area contributed by atoms with E-state index in [0.29, 0.717) is 29.5 Å². The molecule has 0 aliphatic heterocycles. The highest BCUT2D eigenvalue weighted by molar-refractivity contribution is 5.84. The molecule has 0 spiro atoms. The van der Waals surface area contributed by atoms with Gasteiger partial charge in [-0.15, -0.1) is 0 Å². The lowest BCUT2D eigenvalue weighted by atomic mass is 10.1. The van der Waals surface area contributed by atoms with E-state index in [0.717, 1.165) is 12.1 Å². The average molecular weight is 285 g/mol. The van der Waals surface area contributed by atoms with E-state index in [1.165, 1.54) is 6.07 Å². The lowest BCUT2D eigenvalue weighted by molar-refractivity contribution is -0.143. The molecule has 1 aromatic heterocycles. The fraction of sp³-hybridized carbons (Fsp3) is 0.357. The second-order valence-corrected chi connectivity index (χ2v) is 4.38. The largest absolute Gasteiger partial charge is 0.466 e. The third-order valence-corrected chi connectivity index (χ3v) is 3.00. The van der Waals surface area contributed by atoms with Crippen molar-refractivity contribution in [3.05, 3.63) is 35.5 Å². The van der Waals surface area contributed by atoms with Gasteiger partial charge in [0.1, 0.15) is 0 Å². The van der Waals surface area contributed by atoms with Gasteiger partial charge in [0.15, 0.2) is 0 Å². The van der Waals surface area contributed by atoms with Crippen LogP contribution in [0.5, 0.6) is 0 Å². The Balaban J connectivity index is 2.23. The van der Waals surface area contributed by atoms with Crippen LogP contribution in [-0.4, -0.2) is 17.6 Å². The van der Waals surface area contributed by atoms with E-state index in [4.69, 9.17) is 4.74 Å². The first kappa shape index (κ1) is 14.4. The maximum Gasteiger partial charge on any atom is 0.416 e. The van der Waals surface area contributed by atoms with Crippen molar-refractivity contribution in [2.75, 3.05) is 6.61 Å². The second-order valence-electron chi connectivity index (χ2n) is 4.38. The number of halogens is 3. The lowest BCUT2D eigenvalue weighted by Crippen LogP contribution is -2.05. The number of aryl methyl sites for hydroxylation is 1. The number of aromatic amines is 1. The van der Waals surface area contributed by atoms with Crippen LogP contribution in [-0.2, 0) is 22.1 Å². The molecule has 1 N–H and O–H groups in total. The van der Waals surface area contributed by atoms with Gasteiger partial charge >= 0.3 is 12.1 Å². The predicted molar refractivity (Wildman–Crippen MR) is 68.3 cm³/mol. The van der Waals surface area contributed by atoms with Crippen molar-refractivity contribution in [1.82, 2.24) is 4.98 Å². The van der Waals surface area contributed by atoms with Gasteiger partial charge in [-0.2, -0.15) is 13.2 Å². The zero-order valence-corrected chi connectivity index (χ0v) is 10.9. The molecule has 0 atom stereocenters. The minimum Gasteiger partial charge on any atom is -0.466 e. The maximum absolute atomic E-state index is 12.7. The monoisotopic (exact) mass is 285 g/mol. The summed E-state index contributed by atoms with van der Waals surface area (Å²) in [5, 5.41) is 0.490. The number of nitrogens with one attached hydrogen (secondary N) is 1. The molecule has 0 aliphatic rings. The van der Waals surface area contributed by atoms with Crippen LogP contribution in [0.2, 0.25) is 0 Å². The van der Waals surface area contributed by atoms with Crippen LogP contribution in [0.15, 0.2) is 24.4 Å². The Hall–Kier alpha value is -1.98. The number of H-pyrrole nitrogens is 1. The van der Waals surface area contributed by atoms with E-state index < -0.39 is 11.7 Å². The number of hydrogen-bond acceptors (Lipinski definition) is 2. The van der Waals surface area contributed by atoms with Crippen molar-refractivity contribution in [3.63, 3.8) is 0 Å². The minimum atomic E-state index is -4.37. The number of hydrogen-bond donors (Lipinski definition) is 1. The molecule has 2 aromatic rings. The summed E-state index contributed by atoms with van der Waals surface area (Å²) in [4.78, 5) is 14.2. The highest BCUT2D eigenvalue weighted by Gasteiger charge is 2.30. The number of benzene rings is 1. The average Bonchev–Trinajstić information content (AvgIpc) is 2.78. The molecule has 108 valence electrons. The molecule has 0 unspecified atom stereocenters. The first-order valence-corrected chi connectivity index (χ1v) is 6.24. The summed E-state index contributed by atoms with van der Waals surface area (Å²) in [7, 11) is 0. The quantitative estimate of drug-likeness (QED) is 0.871. The summed E-state index contributed by atoms with van der Waals surface area (Å²) in [5.41, 5.74) is 0.609. The fourth-order valence-corrected chi connectivity index (χ4v) is 2.03. The SMILES string of the molecule is CCOC(=O)CCc1c[nH]c2ccc(C(F)(F)F)cc12. The Morgan fingerprint density at radius 1 is 1.35 bits per heavy atom. The first-order valence-electron chi connectivity index (χ1n) is 6.24. The number of aromatic nitrogens is 1. The molecule has 0 bridgehead atoms. The molecule has 1 heterocycles. The molecule has 0 saturated heterocycles. The summed E-state index contributed by atoms with van der Waals surface area (Å²) in [5.74, 6) is -0.353. The number of ether oxygens (including phenoxy) is 1. The van der Waals surface area contributed by atoms with Gasteiger partial charge in [0.2, 0.25) is 0 Å². The second kappa shape index (κ2) is 5.56. The Labute approximate surface area is 113 Å². The van der Waals surface area contributed by atoms with Crippen LogP contribution in [0.25, 0.3) is 10.9 Å². The predicted octanol–water partition coefficient (Wildman–Crippen LogP) is 3.68. The van der Waals surface area contributed by atoms with Gasteiger partial charge in [0.25, 0.3) is 0 Å². The number of fused-ring (bicyclic) bond motifs is 1. The van der Waals surface area contributed by atoms with Crippen LogP contribution in [0.3, 0.4) is 0 Å². The van der Waals surface area contributed by atoms with E-state index in [-0.39, 0.29) is 12.4 Å². The first-order chi connectivity index (χ1) is 9.41. The van der Waals surface area contributed by atoms with Crippen LogP contribution in [0.4, 0.5) is 13.2 Å². The van der Waals surface area contributed by atoms with Crippen LogP contribution >= 0.6 is 0 Å². The van der Waals surface area contributed by atoms with Gasteiger partial charge in [0, 0.05) is 23.5 Å². The van der Waals surface area contributed by atoms with Crippen molar-refractivity contribution in [3.8, 4) is 0 Å². The summed E-state index contributed by atoms with van der Waals surface area (Å²) < 4.78 is 42.9. The Morgan fingerprint density at radius 3 is 2.75 bits per heavy atom. The molecule has 0 radical (unpaired) electrons. The summed E-state index contributed by atoms with van der Waals surface area (Å²) in [6.07, 6.45) is -2.24. The normalized spacial score (nSPS) is 11.8. The van der Waals surface area contributed by atoms with Gasteiger partial charge in [-0.1, -0.05) is 0 Å². The number of carbonyl (C=O) groups excluding carboxylic acids is 1. The van der Waals surface area contributed by atoms with Gasteiger partial charge < -0.3 is 9.72 Å². The fourth-order valence-electron chi connectivity index (χ4n) is 2.03. The molecule has 2 rings (SSSR count). The number of esters is 1. The van der Waals surface area contributed by atoms with Crippen LogP contribution in [0.1, 0.15) is 24.5 Å². The summed E-state index contributed by atoms with van der Waals surface area (Å²) in [6.45, 7) is 2.00. The van der Waals surface area contributed by atoms with Crippen molar-refractivity contribution >= 4 is 16.9 Å². The summed E-state index contributed by atoms with van der Waals surface area (Å²) >= 11 is 0. The van der Waals surface area contributed by atoms with Crippen LogP contribution in [0, 0.1) is 0 Å². The maximum atomic E-state index is 12.7. The number of alkyl halides is 3. The molecule has 1 aromatic carbocycles. The zero-order chi connectivity index (χ0) is 14.8. The summed E-state index contributed by atoms with van der Waals surface area (Å²) in [6, 6.07) is 3.53. The van der Waals surface area contributed by atoms with E-state index in [1.54, 1.807) is 13.1 Å². The molecule has 0 aliphatic carbocycles. The van der Waals surface area contributed by atoms with Crippen molar-refractivity contribution in [2.24, 2.45) is 0 Å². The number of rotatable bonds is 4. The van der Waals surface area contributed by atoms with E-state index in [1.807, 2.05) is 0 Å². The Morgan fingerprint density at radius 2 is 2.10 bits per heavy atom. The molecule has 0 amide bonds. The zero-order valence-electron chi connectivity index (χ0n) is 10.9. The van der Waals surface area contributed by atoms with Crippen molar-refractivity contribution in [2.45, 2.75) is 25.9 Å². The lowest BCUT2D eigenvalue weighted by Gasteiger charge is -2.07. The van der Waals surface area contributed by atoms with Crippen molar-refractivity contribution in [1.29, 1.82) is 0 Å². The Bertz CT molecular complexity index is 616. The molecular weight excluding hydrogens is 271 g/mol. The van der Waals surface area contributed by atoms with Gasteiger partial charge in [-0.05, 0) is 37.1 Å². The van der Waals surface area contributed by atoms with E-state index in [9.17, 15) is 18.0 Å². The number of carbonyl (C=O) groups is 1. The standard InChI is InChI=1S/C14H14F3NO2/c1-2-20-13(19)6-3-9-8-18-12-5-4-10(7-11(9)12)14(15,16)17/h4-5,7-8,18H,2-3,6H2,1H3. The highest BCUT2D eigenvalue weighted by Crippen LogP contribution is 2.32. The molecule has 0 saturated carbocycles. The van der Waals surface area contributed by atoms with E-state index in [2.05, 4.69) is 4.98 Å². The molecule has 3 nitrogen and oxygen atoms in total. The Kier molecular flexibility index (Phi) is 4.01. The van der Waals surface area contributed by atoms with Gasteiger partial charge in [-0.25, -0.2) is 0 Å². The van der Waals surface area contributed by atoms with Gasteiger partial charge in [-0.3, -0.25) is 4.79 Å². The molecule has 0 fully saturated rings. The molecule has 20 heavy (non-hydrogen) atoms. The van der Waals surface area contributed by atoms with Gasteiger partial charge in [0.05, 0.1) is 12.2 Å². The minimum absolute atomic E-state index is 0.150. The molecular formula is C14H14F3NO2. The third-order valence-electron chi connectivity index (χ3n) is 3.00. The van der Waals surface area contributed by atoms with E-state index >= 15 is 0 Å². The van der Waals surface area contributed by atoms with Crippen LogP contribution < -0.4 is 0 Å². The topological polar surface area (TPSA) is 42.1 Å². The smallest absolute Gasteiger partial charge is 0.416 e. The van der Waals surface area contributed by atoms with Crippen molar-refractivity contribution < 1.29 is 22.7 Å².